The van der Waals surface area contributed by atoms with Gasteiger partial charge >= 0.3 is 0 Å². The number of hydrogen-bond acceptors (Lipinski definition) is 4. The monoisotopic (exact) mass is 278 g/mol. The van der Waals surface area contributed by atoms with Crippen molar-refractivity contribution in [2.24, 2.45) is 0 Å². The molecule has 0 aliphatic rings. The summed E-state index contributed by atoms with van der Waals surface area (Å²) in [4.78, 5) is 18.3. The SMILES string of the molecule is Cc1cc(N)c(C(=O)NCCCCN(C)C(C)C)cn1. The topological polar surface area (TPSA) is 71.2 Å². The van der Waals surface area contributed by atoms with E-state index < -0.39 is 0 Å². The summed E-state index contributed by atoms with van der Waals surface area (Å²) >= 11 is 0. The Bertz CT molecular complexity index is 445. The number of anilines is 1. The van der Waals surface area contributed by atoms with E-state index in [1.807, 2.05) is 6.92 Å². The minimum absolute atomic E-state index is 0.146. The van der Waals surface area contributed by atoms with Crippen LogP contribution in [0.3, 0.4) is 0 Å². The molecule has 20 heavy (non-hydrogen) atoms. The van der Waals surface area contributed by atoms with Crippen molar-refractivity contribution in [2.75, 3.05) is 25.9 Å². The maximum Gasteiger partial charge on any atom is 0.254 e. The van der Waals surface area contributed by atoms with Crippen LogP contribution in [0.4, 0.5) is 5.69 Å². The van der Waals surface area contributed by atoms with Crippen LogP contribution in [0.1, 0.15) is 42.7 Å². The molecule has 0 aromatic carbocycles. The van der Waals surface area contributed by atoms with Crippen molar-refractivity contribution < 1.29 is 4.79 Å². The Morgan fingerprint density at radius 3 is 2.75 bits per heavy atom. The van der Waals surface area contributed by atoms with E-state index in [2.05, 4.69) is 36.1 Å². The quantitative estimate of drug-likeness (QED) is 0.746. The average molecular weight is 278 g/mol. The van der Waals surface area contributed by atoms with E-state index in [0.29, 0.717) is 23.8 Å². The smallest absolute Gasteiger partial charge is 0.254 e. The molecule has 5 heteroatoms. The number of unbranched alkanes of at least 4 members (excludes halogenated alkanes) is 1. The van der Waals surface area contributed by atoms with Gasteiger partial charge in [0.1, 0.15) is 0 Å². The molecule has 1 heterocycles. The maximum absolute atomic E-state index is 11.9. The Labute approximate surface area is 121 Å². The fourth-order valence-corrected chi connectivity index (χ4v) is 1.81. The summed E-state index contributed by atoms with van der Waals surface area (Å²) in [5, 5.41) is 2.88. The van der Waals surface area contributed by atoms with E-state index in [-0.39, 0.29) is 5.91 Å². The number of pyridine rings is 1. The number of rotatable bonds is 7. The summed E-state index contributed by atoms with van der Waals surface area (Å²) < 4.78 is 0. The summed E-state index contributed by atoms with van der Waals surface area (Å²) in [5.74, 6) is -0.146. The van der Waals surface area contributed by atoms with Crippen LogP contribution in [0.2, 0.25) is 0 Å². The van der Waals surface area contributed by atoms with Crippen molar-refractivity contribution in [3.05, 3.63) is 23.5 Å². The molecule has 0 fully saturated rings. The number of nitrogens with one attached hydrogen (secondary N) is 1. The molecule has 3 N–H and O–H groups in total. The Morgan fingerprint density at radius 1 is 1.45 bits per heavy atom. The molecular weight excluding hydrogens is 252 g/mol. The van der Waals surface area contributed by atoms with Gasteiger partial charge in [-0.2, -0.15) is 0 Å². The van der Waals surface area contributed by atoms with E-state index in [0.717, 1.165) is 25.1 Å². The summed E-state index contributed by atoms with van der Waals surface area (Å²) in [7, 11) is 2.11. The molecule has 112 valence electrons. The Morgan fingerprint density at radius 2 is 2.15 bits per heavy atom. The largest absolute Gasteiger partial charge is 0.398 e. The number of nitrogen functional groups attached to an aromatic ring is 1. The third kappa shape index (κ3) is 5.17. The highest BCUT2D eigenvalue weighted by atomic mass is 16.1. The van der Waals surface area contributed by atoms with Gasteiger partial charge < -0.3 is 16.0 Å². The molecule has 0 aliphatic carbocycles. The van der Waals surface area contributed by atoms with Crippen molar-refractivity contribution in [1.82, 2.24) is 15.2 Å². The van der Waals surface area contributed by atoms with Crippen LogP contribution in [0.25, 0.3) is 0 Å². The first kappa shape index (κ1) is 16.4. The summed E-state index contributed by atoms with van der Waals surface area (Å²) in [6.07, 6.45) is 3.56. The van der Waals surface area contributed by atoms with Gasteiger partial charge in [-0.3, -0.25) is 9.78 Å². The van der Waals surface area contributed by atoms with E-state index in [1.165, 1.54) is 6.20 Å². The van der Waals surface area contributed by atoms with Gasteiger partial charge in [-0.05, 0) is 53.3 Å². The van der Waals surface area contributed by atoms with Crippen molar-refractivity contribution >= 4 is 11.6 Å². The number of nitrogens with zero attached hydrogens (tertiary/aromatic N) is 2. The molecule has 0 saturated heterocycles. The van der Waals surface area contributed by atoms with Crippen LogP contribution in [0.5, 0.6) is 0 Å². The maximum atomic E-state index is 11.9. The minimum atomic E-state index is -0.146. The molecule has 0 bridgehead atoms. The zero-order valence-electron chi connectivity index (χ0n) is 12.9. The van der Waals surface area contributed by atoms with Crippen molar-refractivity contribution in [3.8, 4) is 0 Å². The number of aromatic nitrogens is 1. The lowest BCUT2D eigenvalue weighted by Gasteiger charge is -2.20. The van der Waals surface area contributed by atoms with Crippen molar-refractivity contribution in [2.45, 2.75) is 39.7 Å². The van der Waals surface area contributed by atoms with E-state index in [1.54, 1.807) is 6.07 Å². The number of amides is 1. The Kier molecular flexibility index (Phi) is 6.45. The first-order chi connectivity index (χ1) is 9.41. The molecule has 0 saturated carbocycles. The number of hydrogen-bond donors (Lipinski definition) is 2. The fourth-order valence-electron chi connectivity index (χ4n) is 1.81. The lowest BCUT2D eigenvalue weighted by Crippen LogP contribution is -2.29. The van der Waals surface area contributed by atoms with Gasteiger partial charge in [0.25, 0.3) is 5.91 Å². The molecule has 1 amide bonds. The first-order valence-corrected chi connectivity index (χ1v) is 7.12. The second kappa shape index (κ2) is 7.85. The molecule has 0 spiro atoms. The van der Waals surface area contributed by atoms with Gasteiger partial charge in [0.15, 0.2) is 0 Å². The third-order valence-corrected chi connectivity index (χ3v) is 3.42. The molecule has 0 unspecified atom stereocenters. The van der Waals surface area contributed by atoms with E-state index in [4.69, 9.17) is 5.73 Å². The van der Waals surface area contributed by atoms with Crippen molar-refractivity contribution in [1.29, 1.82) is 0 Å². The van der Waals surface area contributed by atoms with Gasteiger partial charge in [0.2, 0.25) is 0 Å². The number of nitrogens with two attached hydrogens (primary N) is 1. The highest BCUT2D eigenvalue weighted by molar-refractivity contribution is 5.98. The predicted octanol–water partition coefficient (Wildman–Crippen LogP) is 1.82. The highest BCUT2D eigenvalue weighted by Crippen LogP contribution is 2.10. The molecule has 0 aliphatic heterocycles. The zero-order chi connectivity index (χ0) is 15.1. The number of aryl methyl sites for hydroxylation is 1. The molecule has 0 radical (unpaired) electrons. The van der Waals surface area contributed by atoms with Crippen LogP contribution in [-0.4, -0.2) is 42.0 Å². The minimum Gasteiger partial charge on any atom is -0.398 e. The van der Waals surface area contributed by atoms with Crippen LogP contribution >= 0.6 is 0 Å². The van der Waals surface area contributed by atoms with Crippen molar-refractivity contribution in [3.63, 3.8) is 0 Å². The Balaban J connectivity index is 2.30. The second-order valence-electron chi connectivity index (χ2n) is 5.45. The van der Waals surface area contributed by atoms with Gasteiger partial charge in [-0.15, -0.1) is 0 Å². The van der Waals surface area contributed by atoms with Crippen LogP contribution in [0, 0.1) is 6.92 Å². The zero-order valence-corrected chi connectivity index (χ0v) is 12.9. The molecule has 1 rings (SSSR count). The summed E-state index contributed by atoms with van der Waals surface area (Å²) in [6.45, 7) is 7.91. The van der Waals surface area contributed by atoms with Crippen LogP contribution < -0.4 is 11.1 Å². The summed E-state index contributed by atoms with van der Waals surface area (Å²) in [5.41, 5.74) is 7.57. The average Bonchev–Trinajstić information content (AvgIpc) is 2.37. The normalized spacial score (nSPS) is 11.1. The molecule has 1 aromatic heterocycles. The van der Waals surface area contributed by atoms with Gasteiger partial charge in [-0.25, -0.2) is 0 Å². The molecule has 0 atom stereocenters. The van der Waals surface area contributed by atoms with E-state index in [9.17, 15) is 4.79 Å². The Hall–Kier alpha value is -1.62. The standard InChI is InChI=1S/C15H26N4O/c1-11(2)19(4)8-6-5-7-17-15(20)13-10-18-12(3)9-14(13)16/h9-11H,5-8H2,1-4H3,(H2,16,18)(H,17,20). The predicted molar refractivity (Wildman–Crippen MR) is 82.7 cm³/mol. The fraction of sp³-hybridized carbons (Fsp3) is 0.600. The first-order valence-electron chi connectivity index (χ1n) is 7.12. The van der Waals surface area contributed by atoms with Crippen LogP contribution in [0.15, 0.2) is 12.3 Å². The van der Waals surface area contributed by atoms with Gasteiger partial charge in [0.05, 0.1) is 5.56 Å². The number of carbonyl (C=O) groups excluding carboxylic acids is 1. The third-order valence-electron chi connectivity index (χ3n) is 3.42. The molecule has 1 aromatic rings. The lowest BCUT2D eigenvalue weighted by molar-refractivity contribution is 0.0953. The lowest BCUT2D eigenvalue weighted by atomic mass is 10.2. The van der Waals surface area contributed by atoms with Gasteiger partial charge in [-0.1, -0.05) is 0 Å². The summed E-state index contributed by atoms with van der Waals surface area (Å²) in [6, 6.07) is 2.27. The van der Waals surface area contributed by atoms with Crippen LogP contribution in [-0.2, 0) is 0 Å². The van der Waals surface area contributed by atoms with Gasteiger partial charge in [0, 0.05) is 30.2 Å². The van der Waals surface area contributed by atoms with E-state index >= 15 is 0 Å². The molecule has 5 nitrogen and oxygen atoms in total. The second-order valence-corrected chi connectivity index (χ2v) is 5.45. The molecular formula is C15H26N4O. The highest BCUT2D eigenvalue weighted by Gasteiger charge is 2.09. The number of carbonyl (C=O) groups is 1.